The highest BCUT2D eigenvalue weighted by atomic mass is 35.5. The second-order valence-electron chi connectivity index (χ2n) is 9.18. The molecule has 2 saturated heterocycles. The lowest BCUT2D eigenvalue weighted by Crippen LogP contribution is -2.40. The Bertz CT molecular complexity index is 1380. The van der Waals surface area contributed by atoms with Gasteiger partial charge in [-0.25, -0.2) is 5.43 Å². The largest absolute Gasteiger partial charge is 0.378 e. The van der Waals surface area contributed by atoms with Crippen molar-refractivity contribution < 1.29 is 9.47 Å². The monoisotopic (exact) mass is 532 g/mol. The molecular weight excluding hydrogens is 504 g/mol. The Morgan fingerprint density at radius 3 is 2.13 bits per heavy atom. The van der Waals surface area contributed by atoms with E-state index in [1.807, 2.05) is 42.6 Å². The fourth-order valence-corrected chi connectivity index (χ4v) is 4.79. The number of nitrogens with one attached hydrogen (secondary N) is 1. The van der Waals surface area contributed by atoms with Gasteiger partial charge in [0.15, 0.2) is 0 Å². The zero-order valence-electron chi connectivity index (χ0n) is 21.0. The van der Waals surface area contributed by atoms with Crippen LogP contribution in [0.25, 0.3) is 10.9 Å². The Balaban J connectivity index is 1.25. The summed E-state index contributed by atoms with van der Waals surface area (Å²) < 4.78 is 13.2. The van der Waals surface area contributed by atoms with Crippen LogP contribution < -0.4 is 15.2 Å². The molecule has 0 spiro atoms. The van der Waals surface area contributed by atoms with Crippen molar-refractivity contribution in [3.8, 4) is 0 Å². The van der Waals surface area contributed by atoms with Gasteiger partial charge in [-0.2, -0.15) is 20.1 Å². The highest BCUT2D eigenvalue weighted by Crippen LogP contribution is 2.23. The fraction of sp³-hybridized carbons (Fsp3) is 0.333. The van der Waals surface area contributed by atoms with Gasteiger partial charge in [-0.3, -0.25) is 0 Å². The van der Waals surface area contributed by atoms with E-state index in [1.54, 1.807) is 0 Å². The first kappa shape index (κ1) is 24.6. The van der Waals surface area contributed by atoms with Crippen molar-refractivity contribution in [3.05, 3.63) is 70.9 Å². The molecule has 6 rings (SSSR count). The number of para-hydroxylation sites is 1. The number of rotatable bonds is 7. The van der Waals surface area contributed by atoms with E-state index < -0.39 is 0 Å². The molecule has 0 amide bonds. The summed E-state index contributed by atoms with van der Waals surface area (Å²) in [5.74, 6) is 1.66. The van der Waals surface area contributed by atoms with Crippen molar-refractivity contribution in [1.82, 2.24) is 19.5 Å². The maximum absolute atomic E-state index is 6.07. The molecule has 2 aliphatic rings. The summed E-state index contributed by atoms with van der Waals surface area (Å²) in [6.45, 7) is 6.30. The van der Waals surface area contributed by atoms with E-state index in [4.69, 9.17) is 26.1 Å². The van der Waals surface area contributed by atoms with Gasteiger partial charge in [-0.15, -0.1) is 0 Å². The molecule has 4 aromatic rings. The molecule has 2 aliphatic heterocycles. The number of aromatic nitrogens is 4. The molecule has 0 bridgehead atoms. The molecule has 11 heteroatoms. The van der Waals surface area contributed by atoms with Gasteiger partial charge >= 0.3 is 0 Å². The van der Waals surface area contributed by atoms with Crippen molar-refractivity contribution in [2.75, 3.05) is 67.8 Å². The van der Waals surface area contributed by atoms with Gasteiger partial charge in [0.25, 0.3) is 0 Å². The van der Waals surface area contributed by atoms with E-state index in [9.17, 15) is 0 Å². The summed E-state index contributed by atoms with van der Waals surface area (Å²) in [6.07, 6.45) is 3.92. The maximum Gasteiger partial charge on any atom is 0.250 e. The van der Waals surface area contributed by atoms with Gasteiger partial charge in [-0.05, 0) is 23.8 Å². The summed E-state index contributed by atoms with van der Waals surface area (Å²) in [6, 6.07) is 16.2. The predicted molar refractivity (Wildman–Crippen MR) is 150 cm³/mol. The molecule has 196 valence electrons. The predicted octanol–water partition coefficient (Wildman–Crippen LogP) is 3.65. The van der Waals surface area contributed by atoms with Crippen LogP contribution in [0.5, 0.6) is 0 Å². The average Bonchev–Trinajstić information content (AvgIpc) is 3.32. The molecule has 38 heavy (non-hydrogen) atoms. The van der Waals surface area contributed by atoms with Crippen molar-refractivity contribution in [1.29, 1.82) is 0 Å². The Labute approximate surface area is 225 Å². The lowest BCUT2D eigenvalue weighted by atomic mass is 10.2. The summed E-state index contributed by atoms with van der Waals surface area (Å²) in [5.41, 5.74) is 6.35. The van der Waals surface area contributed by atoms with Crippen LogP contribution in [-0.2, 0) is 16.0 Å². The molecule has 2 fully saturated rings. The van der Waals surface area contributed by atoms with Gasteiger partial charge in [0.1, 0.15) is 0 Å². The van der Waals surface area contributed by atoms with Crippen LogP contribution >= 0.6 is 11.6 Å². The van der Waals surface area contributed by atoms with Crippen LogP contribution in [-0.4, -0.2) is 78.3 Å². The van der Waals surface area contributed by atoms with Gasteiger partial charge in [-0.1, -0.05) is 41.9 Å². The Morgan fingerprint density at radius 1 is 0.842 bits per heavy atom. The summed E-state index contributed by atoms with van der Waals surface area (Å²) in [7, 11) is 0. The van der Waals surface area contributed by atoms with Crippen LogP contribution in [0.15, 0.2) is 59.8 Å². The van der Waals surface area contributed by atoms with Crippen molar-refractivity contribution in [3.63, 3.8) is 0 Å². The van der Waals surface area contributed by atoms with E-state index in [0.717, 1.165) is 54.2 Å². The number of ether oxygens (including phenoxy) is 2. The van der Waals surface area contributed by atoms with E-state index in [0.29, 0.717) is 44.3 Å². The van der Waals surface area contributed by atoms with E-state index in [-0.39, 0.29) is 0 Å². The van der Waals surface area contributed by atoms with E-state index in [2.05, 4.69) is 53.2 Å². The van der Waals surface area contributed by atoms with Crippen LogP contribution in [0, 0.1) is 0 Å². The minimum absolute atomic E-state index is 0.407. The number of hydrazone groups is 1. The van der Waals surface area contributed by atoms with Crippen LogP contribution in [0.4, 0.5) is 17.8 Å². The molecule has 2 aromatic carbocycles. The molecule has 4 heterocycles. The number of fused-ring (bicyclic) bond motifs is 1. The number of nitrogens with zero attached hydrogens (tertiary/aromatic N) is 7. The Hall–Kier alpha value is -3.73. The molecule has 0 unspecified atom stereocenters. The molecule has 0 radical (unpaired) electrons. The maximum atomic E-state index is 6.07. The lowest BCUT2D eigenvalue weighted by Gasteiger charge is -2.30. The highest BCUT2D eigenvalue weighted by molar-refractivity contribution is 6.30. The second kappa shape index (κ2) is 11.3. The second-order valence-corrected chi connectivity index (χ2v) is 9.62. The van der Waals surface area contributed by atoms with Gasteiger partial charge in [0.2, 0.25) is 17.8 Å². The molecule has 10 nitrogen and oxygen atoms in total. The topological polar surface area (TPSA) is 92.9 Å². The number of hydrogen-bond acceptors (Lipinski definition) is 9. The molecule has 1 N–H and O–H groups in total. The first-order chi connectivity index (χ1) is 18.7. The van der Waals surface area contributed by atoms with Gasteiger partial charge in [0, 0.05) is 60.4 Å². The molecule has 0 saturated carbocycles. The third kappa shape index (κ3) is 5.57. The third-order valence-corrected chi connectivity index (χ3v) is 6.91. The van der Waals surface area contributed by atoms with Crippen LogP contribution in [0.2, 0.25) is 5.02 Å². The van der Waals surface area contributed by atoms with Crippen molar-refractivity contribution in [2.45, 2.75) is 6.54 Å². The number of morpholine rings is 2. The van der Waals surface area contributed by atoms with Crippen LogP contribution in [0.1, 0.15) is 11.1 Å². The number of benzene rings is 2. The summed E-state index contributed by atoms with van der Waals surface area (Å²) >= 11 is 6.07. The number of halogens is 1. The molecule has 2 aromatic heterocycles. The molecule has 0 atom stereocenters. The Kier molecular flexibility index (Phi) is 7.34. The van der Waals surface area contributed by atoms with Crippen molar-refractivity contribution >= 4 is 46.6 Å². The quantitative estimate of drug-likeness (QED) is 0.285. The first-order valence-corrected chi connectivity index (χ1v) is 13.1. The summed E-state index contributed by atoms with van der Waals surface area (Å²) in [5, 5.41) is 6.37. The van der Waals surface area contributed by atoms with E-state index in [1.165, 1.54) is 5.56 Å². The summed E-state index contributed by atoms with van der Waals surface area (Å²) in [4.78, 5) is 18.3. The smallest absolute Gasteiger partial charge is 0.250 e. The minimum Gasteiger partial charge on any atom is -0.378 e. The number of hydrogen-bond donors (Lipinski definition) is 1. The first-order valence-electron chi connectivity index (χ1n) is 12.8. The van der Waals surface area contributed by atoms with Gasteiger partial charge < -0.3 is 23.8 Å². The fourth-order valence-electron chi connectivity index (χ4n) is 4.67. The molecule has 0 aliphatic carbocycles. The van der Waals surface area contributed by atoms with Crippen LogP contribution in [0.3, 0.4) is 0 Å². The lowest BCUT2D eigenvalue weighted by molar-refractivity contribution is 0.121. The zero-order valence-corrected chi connectivity index (χ0v) is 21.7. The zero-order chi connectivity index (χ0) is 25.7. The van der Waals surface area contributed by atoms with Crippen molar-refractivity contribution in [2.24, 2.45) is 5.10 Å². The average molecular weight is 533 g/mol. The van der Waals surface area contributed by atoms with Gasteiger partial charge in [0.05, 0.1) is 32.6 Å². The normalized spacial score (nSPS) is 16.4. The Morgan fingerprint density at radius 2 is 1.47 bits per heavy atom. The molecular formula is C27H29ClN8O2. The SMILES string of the molecule is Clc1ccc(Cn2cc(/C=N/Nc3nc(N4CCOCC4)nc(N4CCOCC4)n3)c3ccccc32)cc1. The highest BCUT2D eigenvalue weighted by Gasteiger charge is 2.20. The standard InChI is InChI=1S/C27H29ClN8O2/c28-22-7-5-20(6-8-22)18-36-19-21(23-3-1-2-4-24(23)36)17-29-33-25-30-26(34-9-13-37-14-10-34)32-27(31-25)35-11-15-38-16-12-35/h1-8,17,19H,9-16,18H2,(H,30,31,32,33)/b29-17+. The van der Waals surface area contributed by atoms with E-state index >= 15 is 0 Å². The minimum atomic E-state index is 0.407. The third-order valence-electron chi connectivity index (χ3n) is 6.65. The number of anilines is 3.